The minimum atomic E-state index is -1.33. The molecule has 2 aliphatic rings. The van der Waals surface area contributed by atoms with Crippen LogP contribution in [-0.4, -0.2) is 11.8 Å². The van der Waals surface area contributed by atoms with Gasteiger partial charge in [0, 0.05) is 16.9 Å². The Kier molecular flexibility index (Phi) is 3.37. The Hall–Kier alpha value is -3.60. The molecule has 2 aliphatic heterocycles. The molecule has 5 nitrogen and oxygen atoms in total. The third kappa shape index (κ3) is 2.01. The van der Waals surface area contributed by atoms with Gasteiger partial charge in [-0.15, -0.1) is 0 Å². The van der Waals surface area contributed by atoms with Gasteiger partial charge in [-0.2, -0.15) is 0 Å². The number of benzene rings is 3. The first kappa shape index (κ1) is 16.6. The van der Waals surface area contributed by atoms with Crippen LogP contribution in [0.3, 0.4) is 0 Å². The monoisotopic (exact) mass is 369 g/mol. The Morgan fingerprint density at radius 3 is 2.18 bits per heavy atom. The van der Waals surface area contributed by atoms with Crippen LogP contribution in [0.4, 0.5) is 17.1 Å². The predicted molar refractivity (Wildman–Crippen MR) is 110 cm³/mol. The average Bonchev–Trinajstić information content (AvgIpc) is 2.96. The van der Waals surface area contributed by atoms with Gasteiger partial charge in [-0.1, -0.05) is 48.5 Å². The summed E-state index contributed by atoms with van der Waals surface area (Å²) in [6.07, 6.45) is 0. The van der Waals surface area contributed by atoms with Crippen LogP contribution in [0.15, 0.2) is 66.7 Å². The highest BCUT2D eigenvalue weighted by Gasteiger charge is 2.57. The highest BCUT2D eigenvalue weighted by molar-refractivity contribution is 6.22. The quantitative estimate of drug-likeness (QED) is 0.676. The van der Waals surface area contributed by atoms with E-state index in [9.17, 15) is 9.59 Å². The molecule has 1 atom stereocenters. The van der Waals surface area contributed by atoms with E-state index < -0.39 is 5.66 Å². The Bertz CT molecular complexity index is 1130. The lowest BCUT2D eigenvalue weighted by atomic mass is 9.91. The molecule has 2 heterocycles. The second kappa shape index (κ2) is 5.70. The van der Waals surface area contributed by atoms with Gasteiger partial charge in [0.05, 0.1) is 11.3 Å². The molecule has 28 heavy (non-hydrogen) atoms. The lowest BCUT2D eigenvalue weighted by Crippen LogP contribution is -2.62. The SMILES string of the molecule is Cc1cccc(C)c1N1C(=O)c2ccccc2N[C@]12C(=O)Nc1ccccc12. The van der Waals surface area contributed by atoms with Gasteiger partial charge in [0.15, 0.2) is 0 Å². The number of carbonyl (C=O) groups excluding carboxylic acids is 2. The zero-order valence-electron chi connectivity index (χ0n) is 15.6. The normalized spacial score (nSPS) is 19.9. The fourth-order valence-electron chi connectivity index (χ4n) is 4.32. The number of hydrogen-bond donors (Lipinski definition) is 2. The van der Waals surface area contributed by atoms with Crippen molar-refractivity contribution in [3.05, 3.63) is 89.0 Å². The Morgan fingerprint density at radius 1 is 0.786 bits per heavy atom. The zero-order chi connectivity index (χ0) is 19.5. The topological polar surface area (TPSA) is 61.4 Å². The van der Waals surface area contributed by atoms with E-state index in [1.807, 2.05) is 74.5 Å². The zero-order valence-corrected chi connectivity index (χ0v) is 15.6. The number of nitrogens with zero attached hydrogens (tertiary/aromatic N) is 1. The fourth-order valence-corrected chi connectivity index (χ4v) is 4.32. The van der Waals surface area contributed by atoms with Crippen molar-refractivity contribution < 1.29 is 9.59 Å². The summed E-state index contributed by atoms with van der Waals surface area (Å²) in [7, 11) is 0. The molecular formula is C23H19N3O2. The number of aryl methyl sites for hydroxylation is 2. The first-order valence-electron chi connectivity index (χ1n) is 9.23. The summed E-state index contributed by atoms with van der Waals surface area (Å²) in [4.78, 5) is 28.8. The number of anilines is 3. The maximum atomic E-state index is 13.7. The summed E-state index contributed by atoms with van der Waals surface area (Å²) in [5, 5.41) is 6.36. The summed E-state index contributed by atoms with van der Waals surface area (Å²) in [6.45, 7) is 3.92. The number of fused-ring (bicyclic) bond motifs is 3. The number of amides is 2. The maximum absolute atomic E-state index is 13.7. The van der Waals surface area contributed by atoms with Gasteiger partial charge in [-0.25, -0.2) is 0 Å². The van der Waals surface area contributed by atoms with E-state index in [0.717, 1.165) is 22.4 Å². The van der Waals surface area contributed by atoms with E-state index >= 15 is 0 Å². The predicted octanol–water partition coefficient (Wildman–Crippen LogP) is 4.18. The minimum absolute atomic E-state index is 0.196. The van der Waals surface area contributed by atoms with Gasteiger partial charge in [-0.3, -0.25) is 14.5 Å². The van der Waals surface area contributed by atoms with Gasteiger partial charge in [-0.05, 0) is 43.2 Å². The second-order valence-corrected chi connectivity index (χ2v) is 7.26. The Morgan fingerprint density at radius 2 is 1.43 bits per heavy atom. The molecule has 0 unspecified atom stereocenters. The Labute approximate surface area is 163 Å². The molecule has 2 N–H and O–H groups in total. The summed E-state index contributed by atoms with van der Waals surface area (Å²) in [5.41, 5.74) is 3.95. The molecule has 1 spiro atoms. The van der Waals surface area contributed by atoms with Crippen molar-refractivity contribution in [3.8, 4) is 0 Å². The minimum Gasteiger partial charge on any atom is -0.350 e. The standard InChI is InChI=1S/C23H19N3O2/c1-14-8-7-9-15(2)20(14)26-21(27)16-10-3-5-12-18(16)25-23(26)17-11-4-6-13-19(17)24-22(23)28/h3-13,25H,1-2H3,(H,24,28)/t23-/m0/s1. The van der Waals surface area contributed by atoms with E-state index in [-0.39, 0.29) is 11.8 Å². The van der Waals surface area contributed by atoms with Gasteiger partial charge >= 0.3 is 0 Å². The van der Waals surface area contributed by atoms with Crippen LogP contribution in [0.5, 0.6) is 0 Å². The van der Waals surface area contributed by atoms with E-state index in [2.05, 4.69) is 10.6 Å². The van der Waals surface area contributed by atoms with Crippen LogP contribution in [0.2, 0.25) is 0 Å². The molecule has 3 aromatic carbocycles. The van der Waals surface area contributed by atoms with Crippen LogP contribution < -0.4 is 15.5 Å². The molecule has 0 saturated carbocycles. The third-order valence-corrected chi connectivity index (χ3v) is 5.57. The summed E-state index contributed by atoms with van der Waals surface area (Å²) < 4.78 is 0. The van der Waals surface area contributed by atoms with Crippen molar-refractivity contribution in [3.63, 3.8) is 0 Å². The highest BCUT2D eigenvalue weighted by atomic mass is 16.2. The van der Waals surface area contributed by atoms with Crippen LogP contribution >= 0.6 is 0 Å². The van der Waals surface area contributed by atoms with Crippen molar-refractivity contribution >= 4 is 28.9 Å². The molecule has 0 bridgehead atoms. The van der Waals surface area contributed by atoms with Crippen molar-refractivity contribution in [2.45, 2.75) is 19.5 Å². The van der Waals surface area contributed by atoms with Gasteiger partial charge in [0.2, 0.25) is 5.66 Å². The van der Waals surface area contributed by atoms with Crippen LogP contribution in [0.1, 0.15) is 27.0 Å². The Balaban J connectivity index is 1.87. The summed E-state index contributed by atoms with van der Waals surface area (Å²) in [6, 6.07) is 20.7. The number of hydrogen-bond acceptors (Lipinski definition) is 3. The van der Waals surface area contributed by atoms with Crippen molar-refractivity contribution in [2.75, 3.05) is 15.5 Å². The van der Waals surface area contributed by atoms with Crippen molar-refractivity contribution in [2.24, 2.45) is 0 Å². The molecule has 0 aliphatic carbocycles. The largest absolute Gasteiger partial charge is 0.350 e. The molecule has 0 radical (unpaired) electrons. The molecular weight excluding hydrogens is 350 g/mol. The van der Waals surface area contributed by atoms with Crippen molar-refractivity contribution in [1.29, 1.82) is 0 Å². The van der Waals surface area contributed by atoms with Gasteiger partial charge in [0.1, 0.15) is 0 Å². The molecule has 0 saturated heterocycles. The number of para-hydroxylation sites is 3. The van der Waals surface area contributed by atoms with E-state index in [1.165, 1.54) is 0 Å². The molecule has 0 aromatic heterocycles. The summed E-state index contributed by atoms with van der Waals surface area (Å²) in [5.74, 6) is -0.460. The van der Waals surface area contributed by atoms with Gasteiger partial charge < -0.3 is 10.6 Å². The van der Waals surface area contributed by atoms with E-state index in [0.29, 0.717) is 16.9 Å². The van der Waals surface area contributed by atoms with E-state index in [1.54, 1.807) is 11.0 Å². The lowest BCUT2D eigenvalue weighted by molar-refractivity contribution is -0.119. The average molecular weight is 369 g/mol. The lowest BCUT2D eigenvalue weighted by Gasteiger charge is -2.45. The number of nitrogens with one attached hydrogen (secondary N) is 2. The maximum Gasteiger partial charge on any atom is 0.276 e. The van der Waals surface area contributed by atoms with Gasteiger partial charge in [0.25, 0.3) is 11.8 Å². The second-order valence-electron chi connectivity index (χ2n) is 7.26. The molecule has 0 fully saturated rings. The first-order valence-corrected chi connectivity index (χ1v) is 9.23. The number of rotatable bonds is 1. The smallest absolute Gasteiger partial charge is 0.276 e. The van der Waals surface area contributed by atoms with Crippen LogP contribution in [0, 0.1) is 13.8 Å². The number of carbonyl (C=O) groups is 2. The first-order chi connectivity index (χ1) is 13.5. The van der Waals surface area contributed by atoms with E-state index in [4.69, 9.17) is 0 Å². The fraction of sp³-hybridized carbons (Fsp3) is 0.130. The molecule has 138 valence electrons. The highest BCUT2D eigenvalue weighted by Crippen LogP contribution is 2.48. The third-order valence-electron chi connectivity index (χ3n) is 5.57. The molecule has 2 amide bonds. The van der Waals surface area contributed by atoms with Crippen molar-refractivity contribution in [1.82, 2.24) is 0 Å². The van der Waals surface area contributed by atoms with Crippen LogP contribution in [-0.2, 0) is 10.5 Å². The summed E-state index contributed by atoms with van der Waals surface area (Å²) >= 11 is 0. The van der Waals surface area contributed by atoms with Crippen LogP contribution in [0.25, 0.3) is 0 Å². The molecule has 5 heteroatoms. The molecule has 5 rings (SSSR count). The molecule has 3 aromatic rings.